The molecule has 0 N–H and O–H groups in total. The van der Waals surface area contributed by atoms with E-state index >= 15 is 0 Å². The molecule has 1 aromatic heterocycles. The van der Waals surface area contributed by atoms with E-state index in [1.54, 1.807) is 0 Å². The molecule has 3 nitrogen and oxygen atoms in total. The second-order valence-electron chi connectivity index (χ2n) is 4.95. The zero-order valence-electron chi connectivity index (χ0n) is 10.6. The molecule has 0 aromatic carbocycles. The Morgan fingerprint density at radius 1 is 1.41 bits per heavy atom. The summed E-state index contributed by atoms with van der Waals surface area (Å²) in [5.74, 6) is 1.86. The van der Waals surface area contributed by atoms with Crippen LogP contribution in [0.15, 0.2) is 22.8 Å². The summed E-state index contributed by atoms with van der Waals surface area (Å²) < 4.78 is 0.908. The first-order valence-corrected chi connectivity index (χ1v) is 6.96. The highest BCUT2D eigenvalue weighted by Crippen LogP contribution is 2.20. The predicted octanol–water partition coefficient (Wildman–Crippen LogP) is 2.62. The highest BCUT2D eigenvalue weighted by Gasteiger charge is 2.18. The molecular formula is C13H20BrN3. The quantitative estimate of drug-likeness (QED) is 0.800. The van der Waals surface area contributed by atoms with Gasteiger partial charge in [0.25, 0.3) is 0 Å². The van der Waals surface area contributed by atoms with Crippen LogP contribution in [0.25, 0.3) is 0 Å². The Hall–Kier alpha value is -0.610. The largest absolute Gasteiger partial charge is 0.359 e. The number of hydrogen-bond donors (Lipinski definition) is 0. The minimum atomic E-state index is 0.803. The second-order valence-corrected chi connectivity index (χ2v) is 5.76. The van der Waals surface area contributed by atoms with Gasteiger partial charge in [0.2, 0.25) is 0 Å². The molecule has 1 aliphatic heterocycles. The maximum Gasteiger partial charge on any atom is 0.129 e. The minimum absolute atomic E-state index is 0.803. The van der Waals surface area contributed by atoms with E-state index in [4.69, 9.17) is 0 Å². The number of hydrogen-bond acceptors (Lipinski definition) is 3. The summed E-state index contributed by atoms with van der Waals surface area (Å²) in [6.07, 6.45) is 2.60. The van der Waals surface area contributed by atoms with Crippen molar-refractivity contribution in [3.63, 3.8) is 0 Å². The molecule has 0 atom stereocenters. The number of anilines is 1. The maximum absolute atomic E-state index is 4.49. The molecule has 1 saturated heterocycles. The van der Waals surface area contributed by atoms with E-state index in [0.717, 1.165) is 22.9 Å². The highest BCUT2D eigenvalue weighted by atomic mass is 79.9. The molecule has 0 spiro atoms. The molecule has 1 aromatic rings. The van der Waals surface area contributed by atoms with Crippen molar-refractivity contribution in [3.8, 4) is 0 Å². The molecule has 17 heavy (non-hydrogen) atoms. The van der Waals surface area contributed by atoms with E-state index in [9.17, 15) is 0 Å². The summed E-state index contributed by atoms with van der Waals surface area (Å²) in [6, 6.07) is 6.07. The minimum Gasteiger partial charge on any atom is -0.359 e. The van der Waals surface area contributed by atoms with Crippen LogP contribution in [0.4, 0.5) is 5.82 Å². The van der Waals surface area contributed by atoms with E-state index in [0.29, 0.717) is 0 Å². The Labute approximate surface area is 112 Å². The van der Waals surface area contributed by atoms with Gasteiger partial charge in [-0.15, -0.1) is 0 Å². The first kappa shape index (κ1) is 12.8. The Morgan fingerprint density at radius 3 is 2.76 bits per heavy atom. The zero-order chi connectivity index (χ0) is 12.3. The van der Waals surface area contributed by atoms with Gasteiger partial charge in [0.1, 0.15) is 10.4 Å². The molecule has 1 fully saturated rings. The van der Waals surface area contributed by atoms with Crippen molar-refractivity contribution in [2.75, 3.05) is 38.6 Å². The number of likely N-dealkylation sites (tertiary alicyclic amines) is 1. The van der Waals surface area contributed by atoms with E-state index in [-0.39, 0.29) is 0 Å². The number of pyridine rings is 1. The van der Waals surface area contributed by atoms with E-state index in [1.807, 2.05) is 12.1 Å². The summed E-state index contributed by atoms with van der Waals surface area (Å²) >= 11 is 3.42. The van der Waals surface area contributed by atoms with Crippen molar-refractivity contribution >= 4 is 21.7 Å². The van der Waals surface area contributed by atoms with Gasteiger partial charge in [-0.2, -0.15) is 0 Å². The van der Waals surface area contributed by atoms with E-state index < -0.39 is 0 Å². The third kappa shape index (κ3) is 3.68. The van der Waals surface area contributed by atoms with Gasteiger partial charge < -0.3 is 9.80 Å². The molecule has 0 saturated carbocycles. The topological polar surface area (TPSA) is 19.4 Å². The molecule has 0 bridgehead atoms. The van der Waals surface area contributed by atoms with Crippen LogP contribution in [0.2, 0.25) is 0 Å². The summed E-state index contributed by atoms with van der Waals surface area (Å²) in [5, 5.41) is 0. The SMILES string of the molecule is CN1CCC(CN(C)c2cccc(Br)n2)CC1. The highest BCUT2D eigenvalue weighted by molar-refractivity contribution is 9.10. The lowest BCUT2D eigenvalue weighted by Gasteiger charge is -2.32. The number of piperidine rings is 1. The van der Waals surface area contributed by atoms with Crippen LogP contribution >= 0.6 is 15.9 Å². The number of aromatic nitrogens is 1. The Morgan fingerprint density at radius 2 is 2.12 bits per heavy atom. The van der Waals surface area contributed by atoms with Gasteiger partial charge in [-0.1, -0.05) is 6.07 Å². The van der Waals surface area contributed by atoms with Crippen LogP contribution in [0, 0.1) is 5.92 Å². The smallest absolute Gasteiger partial charge is 0.129 e. The first-order chi connectivity index (χ1) is 8.15. The van der Waals surface area contributed by atoms with Gasteiger partial charge in [-0.05, 0) is 67.0 Å². The van der Waals surface area contributed by atoms with Crippen LogP contribution in [0.5, 0.6) is 0 Å². The summed E-state index contributed by atoms with van der Waals surface area (Å²) in [7, 11) is 4.34. The van der Waals surface area contributed by atoms with Crippen molar-refractivity contribution < 1.29 is 0 Å². The van der Waals surface area contributed by atoms with Crippen LogP contribution in [0.3, 0.4) is 0 Å². The molecule has 1 aliphatic rings. The van der Waals surface area contributed by atoms with Gasteiger partial charge in [0.15, 0.2) is 0 Å². The van der Waals surface area contributed by atoms with Crippen LogP contribution in [-0.4, -0.2) is 43.6 Å². The molecule has 94 valence electrons. The van der Waals surface area contributed by atoms with Crippen molar-refractivity contribution in [1.29, 1.82) is 0 Å². The van der Waals surface area contributed by atoms with Gasteiger partial charge in [0.05, 0.1) is 0 Å². The van der Waals surface area contributed by atoms with Crippen molar-refractivity contribution in [3.05, 3.63) is 22.8 Å². The lowest BCUT2D eigenvalue weighted by atomic mass is 9.97. The maximum atomic E-state index is 4.49. The second kappa shape index (κ2) is 5.83. The van der Waals surface area contributed by atoms with Crippen molar-refractivity contribution in [2.45, 2.75) is 12.8 Å². The Bertz CT molecular complexity index is 361. The summed E-state index contributed by atoms with van der Waals surface area (Å²) in [4.78, 5) is 9.16. The van der Waals surface area contributed by atoms with Gasteiger partial charge in [0, 0.05) is 13.6 Å². The lowest BCUT2D eigenvalue weighted by Crippen LogP contribution is -2.35. The third-order valence-electron chi connectivity index (χ3n) is 3.46. The van der Waals surface area contributed by atoms with Gasteiger partial charge in [-0.25, -0.2) is 4.98 Å². The normalized spacial score (nSPS) is 18.3. The molecule has 0 unspecified atom stereocenters. The number of nitrogens with zero attached hydrogens (tertiary/aromatic N) is 3. The van der Waals surface area contributed by atoms with Crippen LogP contribution in [0.1, 0.15) is 12.8 Å². The van der Waals surface area contributed by atoms with Crippen molar-refractivity contribution in [2.24, 2.45) is 5.92 Å². The fraction of sp³-hybridized carbons (Fsp3) is 0.615. The van der Waals surface area contributed by atoms with Gasteiger partial charge >= 0.3 is 0 Å². The molecule has 2 heterocycles. The standard InChI is InChI=1S/C13H20BrN3/c1-16-8-6-11(7-9-16)10-17(2)13-5-3-4-12(14)15-13/h3-5,11H,6-10H2,1-2H3. The van der Waals surface area contributed by atoms with Crippen LogP contribution in [-0.2, 0) is 0 Å². The zero-order valence-corrected chi connectivity index (χ0v) is 12.2. The van der Waals surface area contributed by atoms with E-state index in [1.165, 1.54) is 25.9 Å². The third-order valence-corrected chi connectivity index (χ3v) is 3.90. The number of rotatable bonds is 3. The molecular weight excluding hydrogens is 278 g/mol. The first-order valence-electron chi connectivity index (χ1n) is 6.17. The monoisotopic (exact) mass is 297 g/mol. The molecule has 4 heteroatoms. The predicted molar refractivity (Wildman–Crippen MR) is 75.4 cm³/mol. The molecule has 2 rings (SSSR count). The molecule has 0 radical (unpaired) electrons. The fourth-order valence-corrected chi connectivity index (χ4v) is 2.67. The summed E-state index contributed by atoms with van der Waals surface area (Å²) in [5.41, 5.74) is 0. The summed E-state index contributed by atoms with van der Waals surface area (Å²) in [6.45, 7) is 3.56. The van der Waals surface area contributed by atoms with E-state index in [2.05, 4.69) is 50.9 Å². The fourth-order valence-electron chi connectivity index (χ4n) is 2.34. The average molecular weight is 298 g/mol. The average Bonchev–Trinajstić information content (AvgIpc) is 2.32. The molecule has 0 aliphatic carbocycles. The number of halogens is 1. The lowest BCUT2D eigenvalue weighted by molar-refractivity contribution is 0.222. The molecule has 0 amide bonds. The van der Waals surface area contributed by atoms with Crippen molar-refractivity contribution in [1.82, 2.24) is 9.88 Å². The van der Waals surface area contributed by atoms with Gasteiger partial charge in [-0.3, -0.25) is 0 Å². The van der Waals surface area contributed by atoms with Crippen LogP contribution < -0.4 is 4.90 Å². The Balaban J connectivity index is 1.90. The Kier molecular flexibility index (Phi) is 4.40.